The van der Waals surface area contributed by atoms with E-state index in [-0.39, 0.29) is 5.91 Å². The van der Waals surface area contributed by atoms with Crippen LogP contribution in [0.5, 0.6) is 0 Å². The van der Waals surface area contributed by atoms with Crippen LogP contribution in [0.4, 0.5) is 0 Å². The van der Waals surface area contributed by atoms with Gasteiger partial charge in [0.1, 0.15) is 5.82 Å². The van der Waals surface area contributed by atoms with Crippen molar-refractivity contribution >= 4 is 29.0 Å². The largest absolute Gasteiger partial charge is 0.342 e. The third-order valence-corrected chi connectivity index (χ3v) is 6.78. The highest BCUT2D eigenvalue weighted by Gasteiger charge is 2.20. The SMILES string of the molecule is O=C(CSc1nnc(Cc2cccs2)n1CCc1ccccc1)N1CCCC1. The molecule has 0 atom stereocenters. The quantitative estimate of drug-likeness (QED) is 0.527. The summed E-state index contributed by atoms with van der Waals surface area (Å²) in [5.74, 6) is 1.61. The van der Waals surface area contributed by atoms with Crippen molar-refractivity contribution in [1.82, 2.24) is 19.7 Å². The van der Waals surface area contributed by atoms with E-state index in [0.29, 0.717) is 5.75 Å². The van der Waals surface area contributed by atoms with E-state index in [1.165, 1.54) is 22.2 Å². The van der Waals surface area contributed by atoms with Crippen molar-refractivity contribution in [2.24, 2.45) is 0 Å². The van der Waals surface area contributed by atoms with E-state index in [1.54, 1.807) is 11.3 Å². The zero-order valence-electron chi connectivity index (χ0n) is 15.8. The number of hydrogen-bond acceptors (Lipinski definition) is 5. The fourth-order valence-electron chi connectivity index (χ4n) is 3.42. The normalized spacial score (nSPS) is 13.9. The van der Waals surface area contributed by atoms with Gasteiger partial charge in [0.15, 0.2) is 5.16 Å². The maximum Gasteiger partial charge on any atom is 0.233 e. The highest BCUT2D eigenvalue weighted by Crippen LogP contribution is 2.22. The van der Waals surface area contributed by atoms with Crippen molar-refractivity contribution in [2.45, 2.75) is 37.4 Å². The van der Waals surface area contributed by atoms with Crippen LogP contribution in [0.2, 0.25) is 0 Å². The summed E-state index contributed by atoms with van der Waals surface area (Å²) in [6.45, 7) is 2.60. The number of likely N-dealkylation sites (tertiary alicyclic amines) is 1. The number of rotatable bonds is 8. The Morgan fingerprint density at radius 2 is 1.89 bits per heavy atom. The Morgan fingerprint density at radius 3 is 2.64 bits per heavy atom. The molecule has 0 saturated carbocycles. The first-order valence-electron chi connectivity index (χ1n) is 9.68. The lowest BCUT2D eigenvalue weighted by atomic mass is 10.1. The van der Waals surface area contributed by atoms with Crippen LogP contribution in [0.15, 0.2) is 53.0 Å². The monoisotopic (exact) mass is 412 g/mol. The Bertz CT molecular complexity index is 887. The van der Waals surface area contributed by atoms with Crippen molar-refractivity contribution in [3.8, 4) is 0 Å². The molecule has 1 fully saturated rings. The second kappa shape index (κ2) is 9.39. The second-order valence-electron chi connectivity index (χ2n) is 6.92. The van der Waals surface area contributed by atoms with E-state index in [2.05, 4.69) is 56.5 Å². The van der Waals surface area contributed by atoms with Gasteiger partial charge >= 0.3 is 0 Å². The summed E-state index contributed by atoms with van der Waals surface area (Å²) < 4.78 is 2.19. The molecule has 28 heavy (non-hydrogen) atoms. The molecule has 0 N–H and O–H groups in total. The maximum atomic E-state index is 12.4. The van der Waals surface area contributed by atoms with Crippen LogP contribution in [-0.4, -0.2) is 44.4 Å². The number of nitrogens with zero attached hydrogens (tertiary/aromatic N) is 4. The van der Waals surface area contributed by atoms with E-state index >= 15 is 0 Å². The number of thiophene rings is 1. The number of carbonyl (C=O) groups excluding carboxylic acids is 1. The molecule has 1 amide bonds. The van der Waals surface area contributed by atoms with Gasteiger partial charge in [-0.1, -0.05) is 48.2 Å². The molecule has 5 nitrogen and oxygen atoms in total. The summed E-state index contributed by atoms with van der Waals surface area (Å²) >= 11 is 3.25. The Labute approximate surface area is 173 Å². The van der Waals surface area contributed by atoms with Gasteiger partial charge in [-0.05, 0) is 36.3 Å². The van der Waals surface area contributed by atoms with Crippen LogP contribution in [0.25, 0.3) is 0 Å². The summed E-state index contributed by atoms with van der Waals surface area (Å²) in [6.07, 6.45) is 3.94. The van der Waals surface area contributed by atoms with Gasteiger partial charge < -0.3 is 9.47 Å². The molecular formula is C21H24N4OS2. The van der Waals surface area contributed by atoms with Crippen molar-refractivity contribution in [1.29, 1.82) is 0 Å². The maximum absolute atomic E-state index is 12.4. The summed E-state index contributed by atoms with van der Waals surface area (Å²) in [6, 6.07) is 14.7. The van der Waals surface area contributed by atoms with E-state index in [4.69, 9.17) is 0 Å². The lowest BCUT2D eigenvalue weighted by Gasteiger charge is -2.15. The van der Waals surface area contributed by atoms with Crippen molar-refractivity contribution in [2.75, 3.05) is 18.8 Å². The number of aryl methyl sites for hydroxylation is 1. The number of aromatic nitrogens is 3. The minimum absolute atomic E-state index is 0.208. The Kier molecular flexibility index (Phi) is 6.44. The molecule has 1 aromatic carbocycles. The highest BCUT2D eigenvalue weighted by atomic mass is 32.2. The fraction of sp³-hybridized carbons (Fsp3) is 0.381. The molecule has 2 aromatic heterocycles. The van der Waals surface area contributed by atoms with Gasteiger partial charge in [-0.25, -0.2) is 0 Å². The average Bonchev–Trinajstić information content (AvgIpc) is 3.48. The zero-order chi connectivity index (χ0) is 19.2. The molecule has 7 heteroatoms. The zero-order valence-corrected chi connectivity index (χ0v) is 17.4. The standard InChI is InChI=1S/C21H24N4OS2/c26-20(24-11-4-5-12-24)16-28-21-23-22-19(15-18-9-6-14-27-18)25(21)13-10-17-7-2-1-3-8-17/h1-3,6-9,14H,4-5,10-13,15-16H2. The predicted molar refractivity (Wildman–Crippen MR) is 114 cm³/mol. The topological polar surface area (TPSA) is 51.0 Å². The third kappa shape index (κ3) is 4.83. The number of hydrogen-bond donors (Lipinski definition) is 0. The van der Waals surface area contributed by atoms with E-state index < -0.39 is 0 Å². The minimum Gasteiger partial charge on any atom is -0.342 e. The molecule has 1 aliphatic heterocycles. The predicted octanol–water partition coefficient (Wildman–Crippen LogP) is 3.89. The first-order valence-corrected chi connectivity index (χ1v) is 11.5. The van der Waals surface area contributed by atoms with Crippen LogP contribution in [0.3, 0.4) is 0 Å². The van der Waals surface area contributed by atoms with Gasteiger partial charge in [-0.15, -0.1) is 21.5 Å². The van der Waals surface area contributed by atoms with Crippen LogP contribution < -0.4 is 0 Å². The number of carbonyl (C=O) groups is 1. The van der Waals surface area contributed by atoms with Crippen molar-refractivity contribution < 1.29 is 4.79 Å². The van der Waals surface area contributed by atoms with E-state index in [9.17, 15) is 4.79 Å². The molecule has 0 unspecified atom stereocenters. The second-order valence-corrected chi connectivity index (χ2v) is 8.89. The van der Waals surface area contributed by atoms with Crippen LogP contribution >= 0.6 is 23.1 Å². The third-order valence-electron chi connectivity index (χ3n) is 4.96. The molecule has 1 aliphatic rings. The van der Waals surface area contributed by atoms with Crippen LogP contribution in [0, 0.1) is 0 Å². The van der Waals surface area contributed by atoms with E-state index in [1.807, 2.05) is 11.0 Å². The van der Waals surface area contributed by atoms with Gasteiger partial charge in [-0.3, -0.25) is 4.79 Å². The molecule has 146 valence electrons. The fourth-order valence-corrected chi connectivity index (χ4v) is 5.01. The van der Waals surface area contributed by atoms with Gasteiger partial charge in [0, 0.05) is 30.9 Å². The van der Waals surface area contributed by atoms with Gasteiger partial charge in [-0.2, -0.15) is 0 Å². The Hall–Kier alpha value is -2.12. The molecule has 3 aromatic rings. The lowest BCUT2D eigenvalue weighted by molar-refractivity contribution is -0.127. The van der Waals surface area contributed by atoms with E-state index in [0.717, 1.165) is 56.3 Å². The molecular weight excluding hydrogens is 388 g/mol. The Balaban J connectivity index is 1.47. The van der Waals surface area contributed by atoms with Gasteiger partial charge in [0.05, 0.1) is 5.75 Å². The Morgan fingerprint density at radius 1 is 1.07 bits per heavy atom. The summed E-state index contributed by atoms with van der Waals surface area (Å²) in [5, 5.41) is 11.8. The summed E-state index contributed by atoms with van der Waals surface area (Å²) in [7, 11) is 0. The molecule has 0 spiro atoms. The molecule has 0 bridgehead atoms. The highest BCUT2D eigenvalue weighted by molar-refractivity contribution is 7.99. The van der Waals surface area contributed by atoms with Gasteiger partial charge in [0.2, 0.25) is 5.91 Å². The van der Waals surface area contributed by atoms with Crippen molar-refractivity contribution in [3.63, 3.8) is 0 Å². The summed E-state index contributed by atoms with van der Waals surface area (Å²) in [4.78, 5) is 15.7. The summed E-state index contributed by atoms with van der Waals surface area (Å²) in [5.41, 5.74) is 1.29. The first-order chi connectivity index (χ1) is 13.8. The first kappa shape index (κ1) is 19.2. The molecule has 1 saturated heterocycles. The molecule has 0 radical (unpaired) electrons. The van der Waals surface area contributed by atoms with Crippen molar-refractivity contribution in [3.05, 3.63) is 64.1 Å². The average molecular weight is 413 g/mol. The lowest BCUT2D eigenvalue weighted by Crippen LogP contribution is -2.29. The van der Waals surface area contributed by atoms with Crippen LogP contribution in [0.1, 0.15) is 29.1 Å². The molecule has 3 heterocycles. The number of benzene rings is 1. The van der Waals surface area contributed by atoms with Gasteiger partial charge in [0.25, 0.3) is 0 Å². The number of amides is 1. The van der Waals surface area contributed by atoms with Crippen LogP contribution in [-0.2, 0) is 24.2 Å². The minimum atomic E-state index is 0.208. The molecule has 0 aliphatic carbocycles. The smallest absolute Gasteiger partial charge is 0.233 e. The number of thioether (sulfide) groups is 1. The molecule has 4 rings (SSSR count).